The van der Waals surface area contributed by atoms with Crippen LogP contribution in [0, 0.1) is 0 Å². The number of amides is 1. The van der Waals surface area contributed by atoms with E-state index in [1.807, 2.05) is 18.2 Å². The van der Waals surface area contributed by atoms with E-state index in [9.17, 15) is 23.1 Å². The molecule has 9 heteroatoms. The Morgan fingerprint density at radius 1 is 1.05 bits per heavy atom. The number of alkyl halides is 3. The van der Waals surface area contributed by atoms with Gasteiger partial charge in [-0.15, -0.1) is 0 Å². The van der Waals surface area contributed by atoms with Crippen LogP contribution in [0.3, 0.4) is 0 Å². The number of aliphatic hydroxyl groups excluding tert-OH is 1. The maximum absolute atomic E-state index is 12.8. The zero-order valence-corrected chi connectivity index (χ0v) is 20.7. The molecule has 0 bridgehead atoms. The molecule has 2 aliphatic heterocycles. The molecular formula is C28H33F3N2O4. The number of rotatable bonds is 8. The van der Waals surface area contributed by atoms with Gasteiger partial charge in [0.2, 0.25) is 5.91 Å². The molecule has 0 saturated carbocycles. The van der Waals surface area contributed by atoms with Crippen LogP contribution in [-0.4, -0.2) is 79.5 Å². The smallest absolute Gasteiger partial charge is 0.416 e. The summed E-state index contributed by atoms with van der Waals surface area (Å²) in [6, 6.07) is 12.8. The molecule has 37 heavy (non-hydrogen) atoms. The second-order valence-corrected chi connectivity index (χ2v) is 9.47. The number of hydrogen-bond acceptors (Lipinski definition) is 5. The van der Waals surface area contributed by atoms with Gasteiger partial charge in [0, 0.05) is 31.3 Å². The predicted molar refractivity (Wildman–Crippen MR) is 134 cm³/mol. The van der Waals surface area contributed by atoms with Crippen LogP contribution in [0.5, 0.6) is 5.75 Å². The molecule has 0 radical (unpaired) electrons. The molecule has 0 spiro atoms. The second-order valence-electron chi connectivity index (χ2n) is 9.47. The zero-order chi connectivity index (χ0) is 26.3. The summed E-state index contributed by atoms with van der Waals surface area (Å²) < 4.78 is 49.6. The van der Waals surface area contributed by atoms with Crippen molar-refractivity contribution >= 4 is 12.0 Å². The van der Waals surface area contributed by atoms with Crippen LogP contribution < -0.4 is 4.74 Å². The van der Waals surface area contributed by atoms with Crippen LogP contribution in [0.1, 0.15) is 35.4 Å². The van der Waals surface area contributed by atoms with E-state index < -0.39 is 17.8 Å². The Morgan fingerprint density at radius 3 is 2.41 bits per heavy atom. The van der Waals surface area contributed by atoms with Gasteiger partial charge in [0.1, 0.15) is 18.5 Å². The molecule has 2 aliphatic rings. The van der Waals surface area contributed by atoms with Gasteiger partial charge in [-0.05, 0) is 61.7 Å². The summed E-state index contributed by atoms with van der Waals surface area (Å²) in [6.45, 7) is 4.32. The average molecular weight is 519 g/mol. The fraction of sp³-hybridized carbons (Fsp3) is 0.464. The van der Waals surface area contributed by atoms with Gasteiger partial charge in [0.15, 0.2) is 0 Å². The van der Waals surface area contributed by atoms with Gasteiger partial charge in [0.25, 0.3) is 0 Å². The largest absolute Gasteiger partial charge is 0.490 e. The number of piperidine rings is 1. The number of β-amino-alcohol motifs (C(OH)–C–C–N with tert-alkyl or cyclic N) is 1. The lowest BCUT2D eigenvalue weighted by Gasteiger charge is -2.33. The number of carbonyl (C=O) groups excluding carboxylic acids is 1. The maximum atomic E-state index is 12.8. The molecule has 200 valence electrons. The van der Waals surface area contributed by atoms with E-state index in [4.69, 9.17) is 9.47 Å². The SMILES string of the molecule is O=C(C=Cc1ccccc1OCC(O)CN1CCC(c2ccc(C(F)(F)F)cc2)CC1)N1CCOCC1. The van der Waals surface area contributed by atoms with E-state index in [2.05, 4.69) is 4.90 Å². The van der Waals surface area contributed by atoms with Crippen molar-refractivity contribution in [1.29, 1.82) is 0 Å². The van der Waals surface area contributed by atoms with Crippen LogP contribution in [0.25, 0.3) is 6.08 Å². The Labute approximate surface area is 215 Å². The topological polar surface area (TPSA) is 62.2 Å². The van der Waals surface area contributed by atoms with Gasteiger partial charge in [0.05, 0.1) is 18.8 Å². The number of halogens is 3. The van der Waals surface area contributed by atoms with Gasteiger partial charge in [-0.25, -0.2) is 0 Å². The van der Waals surface area contributed by atoms with Gasteiger partial charge >= 0.3 is 6.18 Å². The molecule has 4 rings (SSSR count). The van der Waals surface area contributed by atoms with Crippen molar-refractivity contribution in [2.24, 2.45) is 0 Å². The molecule has 2 fully saturated rings. The molecule has 1 amide bonds. The molecule has 1 atom stereocenters. The summed E-state index contributed by atoms with van der Waals surface area (Å²) in [6.07, 6.45) is -0.115. The first-order chi connectivity index (χ1) is 17.8. The standard InChI is InChI=1S/C28H33F3N2O4/c29-28(30,31)24-8-5-21(6-9-24)22-11-13-32(14-12-22)19-25(34)20-37-26-4-2-1-3-23(26)7-10-27(35)33-15-17-36-18-16-33/h1-10,22,25,34H,11-20H2. The number of morpholine rings is 1. The summed E-state index contributed by atoms with van der Waals surface area (Å²) >= 11 is 0. The molecule has 2 aromatic carbocycles. The third-order valence-corrected chi connectivity index (χ3v) is 6.84. The van der Waals surface area contributed by atoms with Gasteiger partial charge in [-0.2, -0.15) is 13.2 Å². The quantitative estimate of drug-likeness (QED) is 0.531. The van der Waals surface area contributed by atoms with Crippen molar-refractivity contribution in [2.45, 2.75) is 31.0 Å². The maximum Gasteiger partial charge on any atom is 0.416 e. The first-order valence-corrected chi connectivity index (χ1v) is 12.6. The molecular weight excluding hydrogens is 485 g/mol. The summed E-state index contributed by atoms with van der Waals surface area (Å²) in [4.78, 5) is 16.3. The number of likely N-dealkylation sites (tertiary alicyclic amines) is 1. The minimum absolute atomic E-state index is 0.0714. The van der Waals surface area contributed by atoms with E-state index >= 15 is 0 Å². The van der Waals surface area contributed by atoms with Crippen molar-refractivity contribution in [3.8, 4) is 5.75 Å². The molecule has 2 aromatic rings. The Kier molecular flexibility index (Phi) is 9.23. The number of carbonyl (C=O) groups is 1. The Balaban J connectivity index is 1.23. The molecule has 6 nitrogen and oxygen atoms in total. The first-order valence-electron chi connectivity index (χ1n) is 12.6. The van der Waals surface area contributed by atoms with Crippen LogP contribution in [0.15, 0.2) is 54.6 Å². The van der Waals surface area contributed by atoms with Crippen molar-refractivity contribution < 1.29 is 32.5 Å². The Hall–Kier alpha value is -2.88. The fourth-order valence-electron chi connectivity index (χ4n) is 4.73. The summed E-state index contributed by atoms with van der Waals surface area (Å²) in [5.74, 6) is 0.734. The number of hydrogen-bond donors (Lipinski definition) is 1. The van der Waals surface area contributed by atoms with Crippen molar-refractivity contribution in [3.63, 3.8) is 0 Å². The summed E-state index contributed by atoms with van der Waals surface area (Å²) in [5.41, 5.74) is 1.06. The van der Waals surface area contributed by atoms with Crippen molar-refractivity contribution in [2.75, 3.05) is 52.5 Å². The number of nitrogens with zero attached hydrogens (tertiary/aromatic N) is 2. The molecule has 0 aliphatic carbocycles. The van der Waals surface area contributed by atoms with Crippen LogP contribution >= 0.6 is 0 Å². The Morgan fingerprint density at radius 2 is 1.73 bits per heavy atom. The van der Waals surface area contributed by atoms with Crippen LogP contribution in [0.2, 0.25) is 0 Å². The second kappa shape index (κ2) is 12.6. The van der Waals surface area contributed by atoms with E-state index in [0.29, 0.717) is 38.6 Å². The molecule has 1 unspecified atom stereocenters. The van der Waals surface area contributed by atoms with Crippen molar-refractivity contribution in [1.82, 2.24) is 9.80 Å². The monoisotopic (exact) mass is 518 g/mol. The normalized spacial score (nSPS) is 18.8. The van der Waals surface area contributed by atoms with Crippen LogP contribution in [-0.2, 0) is 15.7 Å². The molecule has 2 heterocycles. The lowest BCUT2D eigenvalue weighted by Crippen LogP contribution is -2.40. The molecule has 1 N–H and O–H groups in total. The van der Waals surface area contributed by atoms with Crippen LogP contribution in [0.4, 0.5) is 13.2 Å². The number of ether oxygens (including phenoxy) is 2. The fourth-order valence-corrected chi connectivity index (χ4v) is 4.73. The minimum atomic E-state index is -4.32. The van der Waals surface area contributed by atoms with E-state index in [1.165, 1.54) is 6.08 Å². The van der Waals surface area contributed by atoms with Gasteiger partial charge in [-0.3, -0.25) is 4.79 Å². The van der Waals surface area contributed by atoms with Gasteiger partial charge in [-0.1, -0.05) is 30.3 Å². The lowest BCUT2D eigenvalue weighted by molar-refractivity contribution is -0.137. The highest BCUT2D eigenvalue weighted by atomic mass is 19.4. The highest BCUT2D eigenvalue weighted by molar-refractivity contribution is 5.92. The van der Waals surface area contributed by atoms with E-state index in [-0.39, 0.29) is 18.4 Å². The number of aliphatic hydroxyl groups is 1. The third-order valence-electron chi connectivity index (χ3n) is 6.84. The number of para-hydroxylation sites is 1. The predicted octanol–water partition coefficient (Wildman–Crippen LogP) is 4.20. The minimum Gasteiger partial charge on any atom is -0.490 e. The van der Waals surface area contributed by atoms with E-state index in [0.717, 1.165) is 49.2 Å². The van der Waals surface area contributed by atoms with Gasteiger partial charge < -0.3 is 24.4 Å². The zero-order valence-electron chi connectivity index (χ0n) is 20.7. The highest BCUT2D eigenvalue weighted by Crippen LogP contribution is 2.33. The average Bonchev–Trinajstić information content (AvgIpc) is 2.91. The van der Waals surface area contributed by atoms with E-state index in [1.54, 1.807) is 29.2 Å². The number of benzene rings is 2. The summed E-state index contributed by atoms with van der Waals surface area (Å²) in [7, 11) is 0. The highest BCUT2D eigenvalue weighted by Gasteiger charge is 2.30. The molecule has 0 aromatic heterocycles. The third kappa shape index (κ3) is 7.80. The summed E-state index contributed by atoms with van der Waals surface area (Å²) in [5, 5.41) is 10.6. The molecule has 2 saturated heterocycles. The lowest BCUT2D eigenvalue weighted by atomic mass is 9.89. The van der Waals surface area contributed by atoms with Crippen molar-refractivity contribution in [3.05, 3.63) is 71.3 Å². The first kappa shape index (κ1) is 27.2. The Bertz CT molecular complexity index is 1040.